The number of hydrogen-bond acceptors (Lipinski definition) is 3. The maximum atomic E-state index is 4.85. The lowest BCUT2D eigenvalue weighted by Crippen LogP contribution is -2.07. The van der Waals surface area contributed by atoms with Crippen molar-refractivity contribution in [3.63, 3.8) is 0 Å². The van der Waals surface area contributed by atoms with Crippen LogP contribution in [-0.2, 0) is 6.42 Å². The maximum Gasteiger partial charge on any atom is 0.134 e. The summed E-state index contributed by atoms with van der Waals surface area (Å²) >= 11 is 0. The van der Waals surface area contributed by atoms with Crippen LogP contribution >= 0.6 is 0 Å². The molecule has 1 heterocycles. The molecule has 3 nitrogen and oxygen atoms in total. The van der Waals surface area contributed by atoms with E-state index in [-0.39, 0.29) is 0 Å². The second-order valence-corrected chi connectivity index (χ2v) is 5.76. The molecule has 0 saturated heterocycles. The molecule has 2 aromatic rings. The quantitative estimate of drug-likeness (QED) is 0.886. The van der Waals surface area contributed by atoms with Crippen LogP contribution in [0.4, 0.5) is 5.82 Å². The molecule has 1 aromatic carbocycles. The van der Waals surface area contributed by atoms with Crippen molar-refractivity contribution in [3.8, 4) is 11.3 Å². The Morgan fingerprint density at radius 3 is 2.38 bits per heavy atom. The monoisotopic (exact) mass is 281 g/mol. The van der Waals surface area contributed by atoms with Crippen molar-refractivity contribution < 1.29 is 0 Å². The van der Waals surface area contributed by atoms with Crippen LogP contribution in [0.3, 0.4) is 0 Å². The maximum absolute atomic E-state index is 4.85. The normalized spacial score (nSPS) is 14.2. The Kier molecular flexibility index (Phi) is 3.91. The lowest BCUT2D eigenvalue weighted by molar-refractivity contribution is 0.918. The highest BCUT2D eigenvalue weighted by molar-refractivity contribution is 5.68. The molecule has 21 heavy (non-hydrogen) atoms. The average Bonchev–Trinajstić information content (AvgIpc) is 3.34. The first-order valence-corrected chi connectivity index (χ1v) is 7.94. The molecule has 0 aliphatic heterocycles. The fourth-order valence-corrected chi connectivity index (χ4v) is 2.58. The molecule has 1 aliphatic carbocycles. The van der Waals surface area contributed by atoms with Gasteiger partial charge in [-0.15, -0.1) is 0 Å². The van der Waals surface area contributed by atoms with Crippen molar-refractivity contribution in [2.45, 2.75) is 46.0 Å². The summed E-state index contributed by atoms with van der Waals surface area (Å²) in [5, 5.41) is 3.38. The highest BCUT2D eigenvalue weighted by Gasteiger charge is 2.28. The zero-order valence-corrected chi connectivity index (χ0v) is 13.1. The summed E-state index contributed by atoms with van der Waals surface area (Å²) in [7, 11) is 0. The number of hydrogen-bond donors (Lipinski definition) is 1. The van der Waals surface area contributed by atoms with Gasteiger partial charge in [-0.05, 0) is 38.7 Å². The van der Waals surface area contributed by atoms with Crippen molar-refractivity contribution in [3.05, 3.63) is 41.2 Å². The van der Waals surface area contributed by atoms with E-state index in [1.54, 1.807) is 0 Å². The first-order valence-electron chi connectivity index (χ1n) is 7.94. The van der Waals surface area contributed by atoms with Gasteiger partial charge in [-0.1, -0.05) is 31.2 Å². The van der Waals surface area contributed by atoms with Crippen molar-refractivity contribution in [1.82, 2.24) is 9.97 Å². The molecule has 0 atom stereocenters. The highest BCUT2D eigenvalue weighted by Crippen LogP contribution is 2.40. The van der Waals surface area contributed by atoms with Crippen molar-refractivity contribution >= 4 is 5.82 Å². The van der Waals surface area contributed by atoms with Gasteiger partial charge in [-0.2, -0.15) is 0 Å². The largest absolute Gasteiger partial charge is 0.370 e. The third-order valence-corrected chi connectivity index (χ3v) is 4.09. The Balaban J connectivity index is 2.05. The Morgan fingerprint density at radius 2 is 1.81 bits per heavy atom. The van der Waals surface area contributed by atoms with E-state index in [9.17, 15) is 0 Å². The fraction of sp³-hybridized carbons (Fsp3) is 0.444. The lowest BCUT2D eigenvalue weighted by atomic mass is 10.0. The summed E-state index contributed by atoms with van der Waals surface area (Å²) in [6.45, 7) is 7.28. The lowest BCUT2D eigenvalue weighted by Gasteiger charge is -2.13. The van der Waals surface area contributed by atoms with Crippen LogP contribution in [0.1, 0.15) is 49.6 Å². The van der Waals surface area contributed by atoms with Gasteiger partial charge in [0, 0.05) is 23.6 Å². The summed E-state index contributed by atoms with van der Waals surface area (Å²) in [4.78, 5) is 9.57. The second-order valence-electron chi connectivity index (χ2n) is 5.76. The van der Waals surface area contributed by atoms with Crippen LogP contribution in [0.25, 0.3) is 11.3 Å². The zero-order valence-electron chi connectivity index (χ0n) is 13.1. The first-order chi connectivity index (χ1) is 10.2. The van der Waals surface area contributed by atoms with E-state index in [4.69, 9.17) is 9.97 Å². The molecule has 0 spiro atoms. The van der Waals surface area contributed by atoms with Gasteiger partial charge in [0.1, 0.15) is 11.6 Å². The smallest absolute Gasteiger partial charge is 0.134 e. The predicted molar refractivity (Wildman–Crippen MR) is 87.7 cm³/mol. The van der Waals surface area contributed by atoms with E-state index in [1.165, 1.54) is 24.0 Å². The molecule has 110 valence electrons. The van der Waals surface area contributed by atoms with Crippen LogP contribution in [-0.4, -0.2) is 16.5 Å². The molecule has 1 saturated carbocycles. The van der Waals surface area contributed by atoms with Crippen molar-refractivity contribution in [2.24, 2.45) is 0 Å². The first kappa shape index (κ1) is 14.1. The van der Waals surface area contributed by atoms with Crippen LogP contribution in [0.15, 0.2) is 24.3 Å². The molecular weight excluding hydrogens is 258 g/mol. The number of aryl methyl sites for hydroxylation is 1. The molecule has 0 radical (unpaired) electrons. The highest BCUT2D eigenvalue weighted by atomic mass is 15.0. The number of nitrogens with zero attached hydrogens (tertiary/aromatic N) is 2. The summed E-state index contributed by atoms with van der Waals surface area (Å²) in [5.74, 6) is 2.56. The molecule has 3 heteroatoms. The summed E-state index contributed by atoms with van der Waals surface area (Å²) in [5.41, 5.74) is 4.77. The Labute approximate surface area is 126 Å². The van der Waals surface area contributed by atoms with E-state index in [0.29, 0.717) is 5.92 Å². The van der Waals surface area contributed by atoms with Gasteiger partial charge in [-0.25, -0.2) is 9.97 Å². The van der Waals surface area contributed by atoms with E-state index < -0.39 is 0 Å². The SMILES string of the molecule is CCNc1nc(C2CC2)nc(-c2ccc(CC)cc2)c1C. The average molecular weight is 281 g/mol. The molecule has 1 aromatic heterocycles. The molecule has 1 aliphatic rings. The topological polar surface area (TPSA) is 37.8 Å². The van der Waals surface area contributed by atoms with Crippen molar-refractivity contribution in [1.29, 1.82) is 0 Å². The Hall–Kier alpha value is -1.90. The summed E-state index contributed by atoms with van der Waals surface area (Å²) in [6, 6.07) is 8.75. The molecule has 1 fully saturated rings. The van der Waals surface area contributed by atoms with Crippen LogP contribution in [0.5, 0.6) is 0 Å². The van der Waals surface area contributed by atoms with E-state index in [1.807, 2.05) is 0 Å². The molecule has 3 rings (SSSR count). The number of benzene rings is 1. The van der Waals surface area contributed by atoms with Gasteiger partial charge in [0.15, 0.2) is 0 Å². The minimum absolute atomic E-state index is 0.566. The van der Waals surface area contributed by atoms with E-state index >= 15 is 0 Å². The van der Waals surface area contributed by atoms with E-state index in [0.717, 1.165) is 35.9 Å². The standard InChI is InChI=1S/C18H23N3/c1-4-13-6-8-14(9-7-13)16-12(3)17(19-5-2)21-18(20-16)15-10-11-15/h6-9,15H,4-5,10-11H2,1-3H3,(H,19,20,21). The fourth-order valence-electron chi connectivity index (χ4n) is 2.58. The summed E-state index contributed by atoms with van der Waals surface area (Å²) in [6.07, 6.45) is 3.52. The predicted octanol–water partition coefficient (Wildman–Crippen LogP) is 4.32. The van der Waals surface area contributed by atoms with Gasteiger partial charge in [0.2, 0.25) is 0 Å². The van der Waals surface area contributed by atoms with Gasteiger partial charge in [-0.3, -0.25) is 0 Å². The third kappa shape index (κ3) is 2.92. The molecule has 0 bridgehead atoms. The molecular formula is C18H23N3. The Bertz CT molecular complexity index is 628. The van der Waals surface area contributed by atoms with Gasteiger partial charge in [0.05, 0.1) is 5.69 Å². The minimum atomic E-state index is 0.566. The third-order valence-electron chi connectivity index (χ3n) is 4.09. The van der Waals surface area contributed by atoms with Gasteiger partial charge >= 0.3 is 0 Å². The minimum Gasteiger partial charge on any atom is -0.370 e. The number of rotatable bonds is 5. The van der Waals surface area contributed by atoms with Gasteiger partial charge < -0.3 is 5.32 Å². The number of nitrogens with one attached hydrogen (secondary N) is 1. The molecule has 0 unspecified atom stereocenters. The molecule has 0 amide bonds. The Morgan fingerprint density at radius 1 is 1.10 bits per heavy atom. The van der Waals surface area contributed by atoms with Crippen LogP contribution in [0.2, 0.25) is 0 Å². The van der Waals surface area contributed by atoms with Crippen LogP contribution < -0.4 is 5.32 Å². The zero-order chi connectivity index (χ0) is 14.8. The van der Waals surface area contributed by atoms with E-state index in [2.05, 4.69) is 50.4 Å². The van der Waals surface area contributed by atoms with Crippen molar-refractivity contribution in [2.75, 3.05) is 11.9 Å². The summed E-state index contributed by atoms with van der Waals surface area (Å²) < 4.78 is 0. The number of aromatic nitrogens is 2. The molecule has 1 N–H and O–H groups in total. The second kappa shape index (κ2) is 5.84. The van der Waals surface area contributed by atoms with Gasteiger partial charge in [0.25, 0.3) is 0 Å². The number of anilines is 1. The van der Waals surface area contributed by atoms with Crippen LogP contribution in [0, 0.1) is 6.92 Å².